The normalized spacial score (nSPS) is 16.5. The number of rotatable bonds is 6. The Hall–Kier alpha value is -1.86. The van der Waals surface area contributed by atoms with E-state index in [1.807, 2.05) is 31.2 Å². The van der Waals surface area contributed by atoms with Gasteiger partial charge in [0.15, 0.2) is 0 Å². The van der Waals surface area contributed by atoms with Crippen LogP contribution in [0.15, 0.2) is 30.3 Å². The van der Waals surface area contributed by atoms with Gasteiger partial charge in [0.1, 0.15) is 5.75 Å². The van der Waals surface area contributed by atoms with Gasteiger partial charge in [0.25, 0.3) is 0 Å². The van der Waals surface area contributed by atoms with Gasteiger partial charge in [-0.3, -0.25) is 4.79 Å². The zero-order valence-corrected chi connectivity index (χ0v) is 14.9. The van der Waals surface area contributed by atoms with Crippen LogP contribution in [0.25, 0.3) is 6.08 Å². The average molecular weight is 352 g/mol. The summed E-state index contributed by atoms with van der Waals surface area (Å²) in [6, 6.07) is 7.46. The van der Waals surface area contributed by atoms with Crippen LogP contribution in [-0.4, -0.2) is 51.2 Å². The predicted molar refractivity (Wildman–Crippen MR) is 94.2 cm³/mol. The van der Waals surface area contributed by atoms with E-state index < -0.39 is 10.0 Å². The molecule has 0 unspecified atom stereocenters. The molecule has 0 aliphatic carbocycles. The largest absolute Gasteiger partial charge is 0.494 e. The van der Waals surface area contributed by atoms with E-state index in [1.165, 1.54) is 0 Å². The summed E-state index contributed by atoms with van der Waals surface area (Å²) in [6.07, 6.45) is 5.76. The maximum absolute atomic E-state index is 12.2. The minimum absolute atomic E-state index is 0.0540. The van der Waals surface area contributed by atoms with E-state index in [9.17, 15) is 13.2 Å². The van der Waals surface area contributed by atoms with Crippen LogP contribution in [0, 0.1) is 0 Å². The van der Waals surface area contributed by atoms with Gasteiger partial charge in [0.05, 0.1) is 12.9 Å². The number of nitrogens with zero attached hydrogens (tertiary/aromatic N) is 1. The highest BCUT2D eigenvalue weighted by molar-refractivity contribution is 7.88. The van der Waals surface area contributed by atoms with Gasteiger partial charge in [-0.15, -0.1) is 0 Å². The molecule has 2 rings (SSSR count). The lowest BCUT2D eigenvalue weighted by atomic mass is 10.1. The zero-order chi connectivity index (χ0) is 17.6. The number of sulfonamides is 1. The van der Waals surface area contributed by atoms with Gasteiger partial charge in [-0.25, -0.2) is 13.1 Å². The first kappa shape index (κ1) is 18.5. The fourth-order valence-corrected chi connectivity index (χ4v) is 3.48. The minimum atomic E-state index is -3.19. The Morgan fingerprint density at radius 3 is 2.46 bits per heavy atom. The van der Waals surface area contributed by atoms with E-state index in [4.69, 9.17) is 4.74 Å². The summed E-state index contributed by atoms with van der Waals surface area (Å²) in [5, 5.41) is 0. The highest BCUT2D eigenvalue weighted by Crippen LogP contribution is 2.14. The Kier molecular flexibility index (Phi) is 6.39. The molecule has 1 heterocycles. The molecule has 1 aliphatic rings. The molecule has 24 heavy (non-hydrogen) atoms. The van der Waals surface area contributed by atoms with Crippen LogP contribution in [0.1, 0.15) is 25.3 Å². The summed E-state index contributed by atoms with van der Waals surface area (Å²) in [7, 11) is -3.19. The third kappa shape index (κ3) is 5.98. The molecule has 0 saturated carbocycles. The molecule has 1 N–H and O–H groups in total. The third-order valence-corrected chi connectivity index (χ3v) is 4.56. The lowest BCUT2D eigenvalue weighted by Crippen LogP contribution is -2.45. The number of piperidine rings is 1. The van der Waals surface area contributed by atoms with Gasteiger partial charge in [0.2, 0.25) is 15.9 Å². The first-order valence-electron chi connectivity index (χ1n) is 8.04. The molecule has 0 atom stereocenters. The second kappa shape index (κ2) is 8.30. The third-order valence-electron chi connectivity index (χ3n) is 3.80. The van der Waals surface area contributed by atoms with Crippen LogP contribution in [0.4, 0.5) is 0 Å². The van der Waals surface area contributed by atoms with Crippen molar-refractivity contribution in [1.82, 2.24) is 9.62 Å². The number of hydrogen-bond acceptors (Lipinski definition) is 4. The van der Waals surface area contributed by atoms with Crippen molar-refractivity contribution in [2.45, 2.75) is 25.8 Å². The van der Waals surface area contributed by atoms with Gasteiger partial charge >= 0.3 is 0 Å². The van der Waals surface area contributed by atoms with Crippen molar-refractivity contribution in [3.63, 3.8) is 0 Å². The van der Waals surface area contributed by atoms with Crippen molar-refractivity contribution in [2.24, 2.45) is 0 Å². The molecule has 7 heteroatoms. The van der Waals surface area contributed by atoms with Crippen LogP contribution in [0.5, 0.6) is 5.75 Å². The molecule has 1 fully saturated rings. The minimum Gasteiger partial charge on any atom is -0.494 e. The second-order valence-corrected chi connectivity index (χ2v) is 7.60. The first-order chi connectivity index (χ1) is 11.4. The Morgan fingerprint density at radius 1 is 1.29 bits per heavy atom. The molecule has 6 nitrogen and oxygen atoms in total. The summed E-state index contributed by atoms with van der Waals surface area (Å²) in [6.45, 7) is 3.66. The summed E-state index contributed by atoms with van der Waals surface area (Å²) < 4.78 is 30.4. The van der Waals surface area contributed by atoms with E-state index >= 15 is 0 Å². The lowest BCUT2D eigenvalue weighted by molar-refractivity contribution is -0.126. The summed E-state index contributed by atoms with van der Waals surface area (Å²) >= 11 is 0. The second-order valence-electron chi connectivity index (χ2n) is 5.82. The average Bonchev–Trinajstić information content (AvgIpc) is 2.53. The van der Waals surface area contributed by atoms with Crippen molar-refractivity contribution in [2.75, 3.05) is 26.0 Å². The number of carbonyl (C=O) groups excluding carboxylic acids is 1. The Labute approximate surface area is 143 Å². The molecule has 1 saturated heterocycles. The van der Waals surface area contributed by atoms with Crippen LogP contribution in [-0.2, 0) is 14.8 Å². The smallest absolute Gasteiger partial charge is 0.246 e. The van der Waals surface area contributed by atoms with Crippen molar-refractivity contribution in [3.05, 3.63) is 35.9 Å². The zero-order valence-electron chi connectivity index (χ0n) is 14.1. The number of benzene rings is 1. The molecule has 1 aromatic rings. The molecule has 1 aromatic carbocycles. The predicted octanol–water partition coefficient (Wildman–Crippen LogP) is 1.64. The number of carbonyl (C=O) groups is 1. The van der Waals surface area contributed by atoms with Gasteiger partial charge in [0, 0.05) is 25.2 Å². The van der Waals surface area contributed by atoms with E-state index in [2.05, 4.69) is 4.72 Å². The number of likely N-dealkylation sites (tertiary alicyclic amines) is 1. The van der Waals surface area contributed by atoms with Crippen LogP contribution < -0.4 is 9.46 Å². The van der Waals surface area contributed by atoms with Crippen molar-refractivity contribution >= 4 is 22.0 Å². The van der Waals surface area contributed by atoms with Gasteiger partial charge < -0.3 is 9.64 Å². The van der Waals surface area contributed by atoms with Gasteiger partial charge in [-0.2, -0.15) is 0 Å². The first-order valence-corrected chi connectivity index (χ1v) is 9.93. The fraction of sp³-hybridized carbons (Fsp3) is 0.471. The van der Waals surface area contributed by atoms with Crippen LogP contribution in [0.3, 0.4) is 0 Å². The standard InChI is InChI=1S/C17H24N2O4S/c1-3-23-16-7-4-14(5-8-16)6-9-17(20)19-12-10-15(11-13-19)18-24(2,21)22/h4-9,15,18H,3,10-13H2,1-2H3. The van der Waals surface area contributed by atoms with Gasteiger partial charge in [-0.1, -0.05) is 12.1 Å². The summed E-state index contributed by atoms with van der Waals surface area (Å²) in [4.78, 5) is 14.0. The van der Waals surface area contributed by atoms with E-state index in [1.54, 1.807) is 17.1 Å². The van der Waals surface area contributed by atoms with Crippen molar-refractivity contribution in [1.29, 1.82) is 0 Å². The topological polar surface area (TPSA) is 75.7 Å². The maximum atomic E-state index is 12.2. The quantitative estimate of drug-likeness (QED) is 0.790. The van der Waals surface area contributed by atoms with Crippen molar-refractivity contribution < 1.29 is 17.9 Å². The fourth-order valence-electron chi connectivity index (χ4n) is 2.64. The SMILES string of the molecule is CCOc1ccc(C=CC(=O)N2CCC(NS(C)(=O)=O)CC2)cc1. The van der Waals surface area contributed by atoms with Crippen molar-refractivity contribution in [3.8, 4) is 5.75 Å². The maximum Gasteiger partial charge on any atom is 0.246 e. The molecule has 1 aliphatic heterocycles. The van der Waals surface area contributed by atoms with Crippen LogP contribution in [0.2, 0.25) is 0 Å². The highest BCUT2D eigenvalue weighted by Gasteiger charge is 2.23. The van der Waals surface area contributed by atoms with Crippen LogP contribution >= 0.6 is 0 Å². The number of ether oxygens (including phenoxy) is 1. The summed E-state index contributed by atoms with van der Waals surface area (Å²) in [5.41, 5.74) is 0.931. The summed E-state index contributed by atoms with van der Waals surface area (Å²) in [5.74, 6) is 0.753. The van der Waals surface area contributed by atoms with E-state index in [-0.39, 0.29) is 11.9 Å². The number of hydrogen-bond donors (Lipinski definition) is 1. The molecule has 0 radical (unpaired) electrons. The lowest BCUT2D eigenvalue weighted by Gasteiger charge is -2.31. The molecular weight excluding hydrogens is 328 g/mol. The monoisotopic (exact) mass is 352 g/mol. The highest BCUT2D eigenvalue weighted by atomic mass is 32.2. The molecule has 132 valence electrons. The molecule has 1 amide bonds. The molecule has 0 spiro atoms. The molecular formula is C17H24N2O4S. The van der Waals surface area contributed by atoms with E-state index in [0.29, 0.717) is 32.5 Å². The van der Waals surface area contributed by atoms with E-state index in [0.717, 1.165) is 17.6 Å². The van der Waals surface area contributed by atoms with Gasteiger partial charge in [-0.05, 0) is 43.5 Å². The number of amides is 1. The Bertz CT molecular complexity index is 675. The Balaban J connectivity index is 1.84. The number of nitrogens with one attached hydrogen (secondary N) is 1. The molecule has 0 bridgehead atoms. The Morgan fingerprint density at radius 2 is 1.92 bits per heavy atom. The molecule has 0 aromatic heterocycles.